The fraction of sp³-hybridized carbons (Fsp3) is 0.471. The summed E-state index contributed by atoms with van der Waals surface area (Å²) in [5.41, 5.74) is 0.922. The third-order valence-electron chi connectivity index (χ3n) is 3.97. The molecule has 0 N–H and O–H groups in total. The van der Waals surface area contributed by atoms with E-state index in [0.29, 0.717) is 6.54 Å². The third-order valence-corrected chi connectivity index (χ3v) is 3.97. The summed E-state index contributed by atoms with van der Waals surface area (Å²) >= 11 is 0. The SMILES string of the molecule is CCOC(=O)N1[C@@H](C(=O)OC)[C@H](C(=O)OC)CN1Cc1ccccc1. The average Bonchev–Trinajstić information content (AvgIpc) is 3.00. The zero-order chi connectivity index (χ0) is 18.4. The maximum absolute atomic E-state index is 12.4. The molecule has 0 saturated carbocycles. The van der Waals surface area contributed by atoms with Crippen LogP contribution in [0, 0.1) is 5.92 Å². The van der Waals surface area contributed by atoms with Gasteiger partial charge < -0.3 is 14.2 Å². The Labute approximate surface area is 146 Å². The molecule has 0 unspecified atom stereocenters. The Morgan fingerprint density at radius 2 is 1.72 bits per heavy atom. The lowest BCUT2D eigenvalue weighted by Crippen LogP contribution is -2.50. The van der Waals surface area contributed by atoms with Crippen molar-refractivity contribution in [2.75, 3.05) is 27.4 Å². The first-order valence-electron chi connectivity index (χ1n) is 7.93. The number of hydrogen-bond acceptors (Lipinski definition) is 7. The van der Waals surface area contributed by atoms with Crippen LogP contribution in [0.25, 0.3) is 0 Å². The smallest absolute Gasteiger partial charge is 0.425 e. The number of methoxy groups -OCH3 is 2. The lowest BCUT2D eigenvalue weighted by molar-refractivity contribution is -0.156. The highest BCUT2D eigenvalue weighted by Gasteiger charge is 2.52. The molecule has 0 aromatic heterocycles. The van der Waals surface area contributed by atoms with Gasteiger partial charge in [-0.2, -0.15) is 0 Å². The van der Waals surface area contributed by atoms with Crippen LogP contribution in [0.15, 0.2) is 30.3 Å². The Balaban J connectivity index is 2.36. The number of carbonyl (C=O) groups excluding carboxylic acids is 3. The first-order chi connectivity index (χ1) is 12.0. The van der Waals surface area contributed by atoms with Crippen molar-refractivity contribution in [2.24, 2.45) is 5.92 Å². The standard InChI is InChI=1S/C17H22N2O6/c1-4-25-17(22)19-14(16(21)24-3)13(15(20)23-2)11-18(19)10-12-8-6-5-7-9-12/h5-9,13-14H,4,10-11H2,1-3H3/t13-,14-/m1/s1. The van der Waals surface area contributed by atoms with E-state index in [1.165, 1.54) is 14.2 Å². The number of carbonyl (C=O) groups is 3. The molecule has 2 rings (SSSR count). The van der Waals surface area contributed by atoms with Gasteiger partial charge in [-0.1, -0.05) is 30.3 Å². The first-order valence-corrected chi connectivity index (χ1v) is 7.93. The molecule has 8 heteroatoms. The summed E-state index contributed by atoms with van der Waals surface area (Å²) in [6.45, 7) is 2.28. The van der Waals surface area contributed by atoms with E-state index < -0.39 is 30.0 Å². The van der Waals surface area contributed by atoms with Gasteiger partial charge in [0.1, 0.15) is 5.92 Å². The number of hydrogen-bond donors (Lipinski definition) is 0. The molecule has 1 aromatic carbocycles. The molecule has 1 heterocycles. The molecule has 1 fully saturated rings. The predicted octanol–water partition coefficient (Wildman–Crippen LogP) is 1.21. The van der Waals surface area contributed by atoms with Gasteiger partial charge in [-0.15, -0.1) is 0 Å². The maximum atomic E-state index is 12.4. The Kier molecular flexibility index (Phi) is 6.35. The van der Waals surface area contributed by atoms with Crippen LogP contribution in [0.3, 0.4) is 0 Å². The molecule has 136 valence electrons. The van der Waals surface area contributed by atoms with Crippen LogP contribution in [-0.4, -0.2) is 61.5 Å². The predicted molar refractivity (Wildman–Crippen MR) is 87.0 cm³/mol. The molecule has 25 heavy (non-hydrogen) atoms. The van der Waals surface area contributed by atoms with Gasteiger partial charge in [-0.3, -0.25) is 4.79 Å². The highest BCUT2D eigenvalue weighted by atomic mass is 16.6. The summed E-state index contributed by atoms with van der Waals surface area (Å²) < 4.78 is 14.7. The van der Waals surface area contributed by atoms with Crippen LogP contribution in [0.4, 0.5) is 4.79 Å². The average molecular weight is 350 g/mol. The van der Waals surface area contributed by atoms with Crippen LogP contribution < -0.4 is 0 Å². The van der Waals surface area contributed by atoms with Crippen LogP contribution in [0.1, 0.15) is 12.5 Å². The number of amides is 1. The van der Waals surface area contributed by atoms with Crippen molar-refractivity contribution >= 4 is 18.0 Å². The van der Waals surface area contributed by atoms with E-state index in [-0.39, 0.29) is 13.2 Å². The van der Waals surface area contributed by atoms with Crippen molar-refractivity contribution in [3.8, 4) is 0 Å². The zero-order valence-corrected chi connectivity index (χ0v) is 14.5. The molecule has 8 nitrogen and oxygen atoms in total. The number of esters is 2. The lowest BCUT2D eigenvalue weighted by atomic mass is 10.0. The summed E-state index contributed by atoms with van der Waals surface area (Å²) in [5.74, 6) is -2.13. The maximum Gasteiger partial charge on any atom is 0.425 e. The van der Waals surface area contributed by atoms with E-state index in [2.05, 4.69) is 0 Å². The molecule has 1 aliphatic heterocycles. The first kappa shape index (κ1) is 18.7. The van der Waals surface area contributed by atoms with Crippen molar-refractivity contribution in [2.45, 2.75) is 19.5 Å². The second-order valence-electron chi connectivity index (χ2n) is 5.47. The molecule has 1 amide bonds. The number of nitrogens with zero attached hydrogens (tertiary/aromatic N) is 2. The number of rotatable bonds is 5. The second kappa shape index (κ2) is 8.48. The minimum Gasteiger partial charge on any atom is -0.469 e. The normalized spacial score (nSPS) is 20.2. The highest BCUT2D eigenvalue weighted by Crippen LogP contribution is 2.29. The largest absolute Gasteiger partial charge is 0.469 e. The second-order valence-corrected chi connectivity index (χ2v) is 5.47. The van der Waals surface area contributed by atoms with Crippen molar-refractivity contribution in [3.05, 3.63) is 35.9 Å². The molecule has 0 radical (unpaired) electrons. The van der Waals surface area contributed by atoms with Gasteiger partial charge in [0, 0.05) is 13.1 Å². The topological polar surface area (TPSA) is 85.4 Å². The summed E-state index contributed by atoms with van der Waals surface area (Å²) in [4.78, 5) is 36.8. The minimum atomic E-state index is -1.12. The minimum absolute atomic E-state index is 0.139. The van der Waals surface area contributed by atoms with E-state index in [4.69, 9.17) is 14.2 Å². The van der Waals surface area contributed by atoms with E-state index in [1.807, 2.05) is 30.3 Å². The van der Waals surface area contributed by atoms with Crippen LogP contribution in [-0.2, 0) is 30.3 Å². The number of hydrazine groups is 1. The molecule has 0 spiro atoms. The summed E-state index contributed by atoms with van der Waals surface area (Å²) in [7, 11) is 2.45. The van der Waals surface area contributed by atoms with E-state index in [9.17, 15) is 14.4 Å². The Morgan fingerprint density at radius 3 is 2.28 bits per heavy atom. The quantitative estimate of drug-likeness (QED) is 0.583. The summed E-state index contributed by atoms with van der Waals surface area (Å²) in [5, 5.41) is 2.76. The van der Waals surface area contributed by atoms with E-state index >= 15 is 0 Å². The fourth-order valence-electron chi connectivity index (χ4n) is 2.85. The molecule has 0 bridgehead atoms. The van der Waals surface area contributed by atoms with Gasteiger partial charge in [-0.25, -0.2) is 19.6 Å². The Bertz CT molecular complexity index is 621. The molecular formula is C17H22N2O6. The Morgan fingerprint density at radius 1 is 1.08 bits per heavy atom. The van der Waals surface area contributed by atoms with Crippen molar-refractivity contribution in [1.82, 2.24) is 10.0 Å². The molecular weight excluding hydrogens is 328 g/mol. The zero-order valence-electron chi connectivity index (χ0n) is 14.5. The molecule has 1 saturated heterocycles. The van der Waals surface area contributed by atoms with Gasteiger partial charge in [0.25, 0.3) is 0 Å². The van der Waals surface area contributed by atoms with Gasteiger partial charge in [-0.05, 0) is 12.5 Å². The van der Waals surface area contributed by atoms with E-state index in [0.717, 1.165) is 10.6 Å². The monoisotopic (exact) mass is 350 g/mol. The van der Waals surface area contributed by atoms with Crippen molar-refractivity contribution in [1.29, 1.82) is 0 Å². The van der Waals surface area contributed by atoms with Gasteiger partial charge in [0.05, 0.1) is 20.8 Å². The van der Waals surface area contributed by atoms with Gasteiger partial charge in [0.15, 0.2) is 6.04 Å². The van der Waals surface area contributed by atoms with Crippen LogP contribution >= 0.6 is 0 Å². The van der Waals surface area contributed by atoms with Crippen molar-refractivity contribution in [3.63, 3.8) is 0 Å². The summed E-state index contributed by atoms with van der Waals surface area (Å²) in [6.07, 6.45) is -0.708. The van der Waals surface area contributed by atoms with Crippen LogP contribution in [0.5, 0.6) is 0 Å². The van der Waals surface area contributed by atoms with Gasteiger partial charge in [0.2, 0.25) is 0 Å². The summed E-state index contributed by atoms with van der Waals surface area (Å²) in [6, 6.07) is 8.28. The number of ether oxygens (including phenoxy) is 3. The lowest BCUT2D eigenvalue weighted by Gasteiger charge is -2.30. The van der Waals surface area contributed by atoms with Crippen molar-refractivity contribution < 1.29 is 28.6 Å². The Hall–Kier alpha value is -2.61. The fourth-order valence-corrected chi connectivity index (χ4v) is 2.85. The molecule has 2 atom stereocenters. The highest BCUT2D eigenvalue weighted by molar-refractivity contribution is 5.88. The van der Waals surface area contributed by atoms with Gasteiger partial charge >= 0.3 is 18.0 Å². The third kappa shape index (κ3) is 4.08. The van der Waals surface area contributed by atoms with Crippen LogP contribution in [0.2, 0.25) is 0 Å². The molecule has 1 aliphatic rings. The van der Waals surface area contributed by atoms with E-state index in [1.54, 1.807) is 11.9 Å². The molecule has 1 aromatic rings. The number of benzene rings is 1. The molecule has 0 aliphatic carbocycles.